The number of pyridine rings is 1. The van der Waals surface area contributed by atoms with E-state index in [4.69, 9.17) is 0 Å². The Morgan fingerprint density at radius 3 is 2.43 bits per heavy atom. The summed E-state index contributed by atoms with van der Waals surface area (Å²) in [6, 6.07) is 2.14. The molecule has 4 nitrogen and oxygen atoms in total. The van der Waals surface area contributed by atoms with Crippen LogP contribution in [-0.4, -0.2) is 33.4 Å². The Kier molecular flexibility index (Phi) is 5.63. The molecule has 0 aliphatic rings. The first kappa shape index (κ1) is 17.8. The lowest BCUT2D eigenvalue weighted by atomic mass is 10.1. The minimum absolute atomic E-state index is 0.0349. The van der Waals surface area contributed by atoms with Crippen LogP contribution in [0.5, 0.6) is 0 Å². The van der Waals surface area contributed by atoms with E-state index in [0.717, 1.165) is 24.0 Å². The number of nitrogens with one attached hydrogen (secondary N) is 1. The number of carboxylic acid groups (broad SMARTS) is 1. The number of thioether (sulfide) groups is 1. The number of nitrogens with zero attached hydrogens (tertiary/aromatic N) is 1. The van der Waals surface area contributed by atoms with Gasteiger partial charge in [-0.1, -0.05) is 0 Å². The molecule has 0 saturated carbocycles. The highest BCUT2D eigenvalue weighted by atomic mass is 32.2. The van der Waals surface area contributed by atoms with E-state index < -0.39 is 23.2 Å². The van der Waals surface area contributed by atoms with Crippen molar-refractivity contribution in [1.82, 2.24) is 10.3 Å². The summed E-state index contributed by atoms with van der Waals surface area (Å²) in [5, 5.41) is 12.5. The third-order valence-electron chi connectivity index (χ3n) is 2.65. The number of halogens is 3. The Bertz CT molecular complexity index is 491. The summed E-state index contributed by atoms with van der Waals surface area (Å²) in [5.74, 6) is -0.866. The third kappa shape index (κ3) is 5.20. The first-order chi connectivity index (χ1) is 9.54. The molecular weight excluding hydrogens is 305 g/mol. The van der Waals surface area contributed by atoms with Crippen molar-refractivity contribution in [1.29, 1.82) is 0 Å². The molecule has 1 heterocycles. The Balaban J connectivity index is 2.75. The fourth-order valence-corrected chi connectivity index (χ4v) is 2.59. The Hall–Kier alpha value is -1.28. The van der Waals surface area contributed by atoms with Gasteiger partial charge < -0.3 is 5.11 Å². The van der Waals surface area contributed by atoms with Gasteiger partial charge in [-0.05, 0) is 32.9 Å². The number of rotatable bonds is 6. The van der Waals surface area contributed by atoms with E-state index in [-0.39, 0.29) is 11.8 Å². The van der Waals surface area contributed by atoms with Crippen LogP contribution in [0.1, 0.15) is 26.3 Å². The van der Waals surface area contributed by atoms with E-state index in [1.165, 1.54) is 13.0 Å². The number of aromatic nitrogens is 1. The average molecular weight is 322 g/mol. The van der Waals surface area contributed by atoms with Gasteiger partial charge in [0.05, 0.1) is 10.6 Å². The number of carboxylic acids is 1. The second-order valence-electron chi connectivity index (χ2n) is 5.11. The smallest absolute Gasteiger partial charge is 0.417 e. The molecule has 21 heavy (non-hydrogen) atoms. The van der Waals surface area contributed by atoms with E-state index in [9.17, 15) is 23.1 Å². The maximum absolute atomic E-state index is 12.4. The maximum atomic E-state index is 12.4. The van der Waals surface area contributed by atoms with Crippen molar-refractivity contribution in [3.8, 4) is 0 Å². The molecule has 118 valence electrons. The van der Waals surface area contributed by atoms with Gasteiger partial charge >= 0.3 is 12.1 Å². The molecule has 1 aromatic rings. The molecule has 1 rings (SSSR count). The zero-order chi connectivity index (χ0) is 16.3. The number of hydrogen-bond acceptors (Lipinski definition) is 4. The summed E-state index contributed by atoms with van der Waals surface area (Å²) in [6.07, 6.45) is -3.68. The number of alkyl halides is 3. The summed E-state index contributed by atoms with van der Waals surface area (Å²) in [4.78, 5) is 15.0. The lowest BCUT2D eigenvalue weighted by molar-refractivity contribution is -0.143. The van der Waals surface area contributed by atoms with Crippen LogP contribution in [0.15, 0.2) is 23.4 Å². The highest BCUT2D eigenvalue weighted by Gasteiger charge is 2.34. The molecule has 0 fully saturated rings. The lowest BCUT2D eigenvalue weighted by Gasteiger charge is -2.28. The van der Waals surface area contributed by atoms with Gasteiger partial charge in [-0.2, -0.15) is 13.2 Å². The van der Waals surface area contributed by atoms with Crippen molar-refractivity contribution in [2.45, 2.75) is 43.6 Å². The molecule has 2 N–H and O–H groups in total. The number of carbonyl (C=O) groups is 1. The normalized spacial score (nSPS) is 15.0. The largest absolute Gasteiger partial charge is 0.480 e. The molecule has 0 aromatic carbocycles. The molecule has 0 bridgehead atoms. The molecule has 0 saturated heterocycles. The summed E-state index contributed by atoms with van der Waals surface area (Å²) in [5.41, 5.74) is -2.00. The predicted octanol–water partition coefficient (Wildman–Crippen LogP) is 3.03. The quantitative estimate of drug-likeness (QED) is 0.788. The molecule has 0 amide bonds. The van der Waals surface area contributed by atoms with Crippen LogP contribution in [0.25, 0.3) is 0 Å². The monoisotopic (exact) mass is 322 g/mol. The highest BCUT2D eigenvalue weighted by Crippen LogP contribution is 2.30. The van der Waals surface area contributed by atoms with Crippen LogP contribution in [-0.2, 0) is 11.0 Å². The maximum Gasteiger partial charge on any atom is 0.417 e. The zero-order valence-electron chi connectivity index (χ0n) is 11.9. The standard InChI is InChI=1S/C13H17F3N2O2S/c1-8(2)18-12(3,11(19)20)7-21-10-5-4-9(6-17-10)13(14,15)16/h4-6,8,18H,7H2,1-3H3,(H,19,20). The van der Waals surface area contributed by atoms with E-state index in [1.54, 1.807) is 0 Å². The van der Waals surface area contributed by atoms with Crippen molar-refractivity contribution < 1.29 is 23.1 Å². The Labute approximate surface area is 125 Å². The first-order valence-corrected chi connectivity index (χ1v) is 7.20. The topological polar surface area (TPSA) is 62.2 Å². The minimum Gasteiger partial charge on any atom is -0.480 e. The summed E-state index contributed by atoms with van der Waals surface area (Å²) >= 11 is 1.10. The van der Waals surface area contributed by atoms with E-state index in [0.29, 0.717) is 5.03 Å². The van der Waals surface area contributed by atoms with E-state index in [2.05, 4.69) is 10.3 Å². The van der Waals surface area contributed by atoms with Gasteiger partial charge in [0.1, 0.15) is 5.54 Å². The molecule has 1 unspecified atom stereocenters. The van der Waals surface area contributed by atoms with Crippen molar-refractivity contribution in [3.05, 3.63) is 23.9 Å². The van der Waals surface area contributed by atoms with Gasteiger partial charge in [0.2, 0.25) is 0 Å². The highest BCUT2D eigenvalue weighted by molar-refractivity contribution is 7.99. The van der Waals surface area contributed by atoms with Gasteiger partial charge in [0, 0.05) is 18.0 Å². The van der Waals surface area contributed by atoms with E-state index in [1.807, 2.05) is 13.8 Å². The van der Waals surface area contributed by atoms with Crippen LogP contribution in [0.3, 0.4) is 0 Å². The van der Waals surface area contributed by atoms with Crippen molar-refractivity contribution in [2.24, 2.45) is 0 Å². The molecule has 1 aromatic heterocycles. The van der Waals surface area contributed by atoms with Gasteiger partial charge in [0.15, 0.2) is 0 Å². The molecule has 0 radical (unpaired) electrons. The minimum atomic E-state index is -4.43. The van der Waals surface area contributed by atoms with Crippen LogP contribution < -0.4 is 5.32 Å². The molecular formula is C13H17F3N2O2S. The van der Waals surface area contributed by atoms with Gasteiger partial charge in [0.25, 0.3) is 0 Å². The molecule has 1 atom stereocenters. The molecule has 0 aliphatic heterocycles. The van der Waals surface area contributed by atoms with Crippen LogP contribution in [0.4, 0.5) is 13.2 Å². The second-order valence-corrected chi connectivity index (χ2v) is 6.10. The summed E-state index contributed by atoms with van der Waals surface area (Å²) in [6.45, 7) is 5.18. The van der Waals surface area contributed by atoms with Gasteiger partial charge in [-0.25, -0.2) is 4.98 Å². The first-order valence-electron chi connectivity index (χ1n) is 6.22. The lowest BCUT2D eigenvalue weighted by Crippen LogP contribution is -2.54. The van der Waals surface area contributed by atoms with Crippen LogP contribution >= 0.6 is 11.8 Å². The predicted molar refractivity (Wildman–Crippen MR) is 74.3 cm³/mol. The fourth-order valence-electron chi connectivity index (χ4n) is 1.65. The van der Waals surface area contributed by atoms with Crippen molar-refractivity contribution in [3.63, 3.8) is 0 Å². The third-order valence-corrected chi connectivity index (χ3v) is 3.91. The summed E-state index contributed by atoms with van der Waals surface area (Å²) < 4.78 is 37.2. The Morgan fingerprint density at radius 1 is 1.43 bits per heavy atom. The number of aliphatic carboxylic acids is 1. The fraction of sp³-hybridized carbons (Fsp3) is 0.538. The second kappa shape index (κ2) is 6.65. The van der Waals surface area contributed by atoms with Gasteiger partial charge in [-0.15, -0.1) is 11.8 Å². The van der Waals surface area contributed by atoms with E-state index >= 15 is 0 Å². The molecule has 8 heteroatoms. The van der Waals surface area contributed by atoms with Crippen LogP contribution in [0, 0.1) is 0 Å². The summed E-state index contributed by atoms with van der Waals surface area (Å²) in [7, 11) is 0. The van der Waals surface area contributed by atoms with Crippen molar-refractivity contribution >= 4 is 17.7 Å². The molecule has 0 spiro atoms. The average Bonchev–Trinajstić information content (AvgIpc) is 2.35. The molecule has 0 aliphatic carbocycles. The van der Waals surface area contributed by atoms with Crippen LogP contribution in [0.2, 0.25) is 0 Å². The zero-order valence-corrected chi connectivity index (χ0v) is 12.7. The Morgan fingerprint density at radius 2 is 2.05 bits per heavy atom. The van der Waals surface area contributed by atoms with Gasteiger partial charge in [-0.3, -0.25) is 10.1 Å². The number of hydrogen-bond donors (Lipinski definition) is 2. The SMILES string of the molecule is CC(C)NC(C)(CSc1ccc(C(F)(F)F)cn1)C(=O)O. The van der Waals surface area contributed by atoms with Crippen molar-refractivity contribution in [2.75, 3.05) is 5.75 Å².